The van der Waals surface area contributed by atoms with E-state index in [2.05, 4.69) is 36.6 Å². The summed E-state index contributed by atoms with van der Waals surface area (Å²) in [6.45, 7) is 3.94. The Morgan fingerprint density at radius 3 is 2.59 bits per heavy atom. The van der Waals surface area contributed by atoms with Crippen LogP contribution in [0.1, 0.15) is 26.7 Å². The van der Waals surface area contributed by atoms with Gasteiger partial charge in [-0.25, -0.2) is 9.59 Å². The van der Waals surface area contributed by atoms with Gasteiger partial charge >= 0.3 is 12.1 Å². The Hall–Kier alpha value is -2.62. The molecule has 0 radical (unpaired) electrons. The summed E-state index contributed by atoms with van der Waals surface area (Å²) in [6.07, 6.45) is 0.343. The fraction of sp³-hybridized carbons (Fsp3) is 0.474. The van der Waals surface area contributed by atoms with Gasteiger partial charge < -0.3 is 20.3 Å². The molecule has 9 nitrogen and oxygen atoms in total. The summed E-state index contributed by atoms with van der Waals surface area (Å²) in [5.41, 5.74) is 0.520. The molecular formula is C19H25BrN4O5. The standard InChI is InChI=1S/C19H25BrN4O5/c1-11(2)15(22-19(28)29-3)17(26)24-9-5-8-14(24)16(25)23-18(27)21-13-7-4-6-12(20)10-13/h4,6-7,10-11,14-15H,5,8-9H2,1-3H3,(H,22,28)(H2,21,23,25,27)/t14-,15-/m0/s1. The van der Waals surface area contributed by atoms with E-state index in [4.69, 9.17) is 0 Å². The van der Waals surface area contributed by atoms with E-state index >= 15 is 0 Å². The first-order chi connectivity index (χ1) is 13.7. The SMILES string of the molecule is COC(=O)N[C@H](C(=O)N1CCC[C@H]1C(=O)NC(=O)Nc1cccc(Br)c1)C(C)C. The highest BCUT2D eigenvalue weighted by Gasteiger charge is 2.39. The van der Waals surface area contributed by atoms with Gasteiger partial charge in [0.05, 0.1) is 7.11 Å². The van der Waals surface area contributed by atoms with E-state index < -0.39 is 30.1 Å². The van der Waals surface area contributed by atoms with E-state index in [0.29, 0.717) is 25.1 Å². The number of likely N-dealkylation sites (tertiary alicyclic amines) is 1. The first-order valence-electron chi connectivity index (χ1n) is 9.25. The average molecular weight is 469 g/mol. The van der Waals surface area contributed by atoms with Crippen LogP contribution < -0.4 is 16.0 Å². The van der Waals surface area contributed by atoms with Gasteiger partial charge in [0, 0.05) is 16.7 Å². The van der Waals surface area contributed by atoms with Gasteiger partial charge in [-0.3, -0.25) is 14.9 Å². The lowest BCUT2D eigenvalue weighted by Crippen LogP contribution is -2.55. The largest absolute Gasteiger partial charge is 0.453 e. The lowest BCUT2D eigenvalue weighted by molar-refractivity contribution is -0.140. The molecule has 0 unspecified atom stereocenters. The number of carbonyl (C=O) groups is 4. The number of amides is 5. The van der Waals surface area contributed by atoms with Crippen molar-refractivity contribution in [2.24, 2.45) is 5.92 Å². The van der Waals surface area contributed by atoms with Crippen molar-refractivity contribution in [1.29, 1.82) is 0 Å². The van der Waals surface area contributed by atoms with E-state index in [1.54, 1.807) is 32.0 Å². The Morgan fingerprint density at radius 2 is 1.97 bits per heavy atom. The van der Waals surface area contributed by atoms with Crippen molar-refractivity contribution < 1.29 is 23.9 Å². The van der Waals surface area contributed by atoms with E-state index in [9.17, 15) is 19.2 Å². The van der Waals surface area contributed by atoms with Gasteiger partial charge in [0.1, 0.15) is 12.1 Å². The predicted octanol–water partition coefficient (Wildman–Crippen LogP) is 2.47. The Bertz CT molecular complexity index is 786. The maximum absolute atomic E-state index is 12.9. The normalized spacial score (nSPS) is 16.9. The second kappa shape index (κ2) is 10.2. The molecule has 5 amide bonds. The van der Waals surface area contributed by atoms with Gasteiger partial charge in [-0.2, -0.15) is 0 Å². The molecule has 0 aliphatic carbocycles. The second-order valence-corrected chi connectivity index (χ2v) is 7.92. The van der Waals surface area contributed by atoms with E-state index in [-0.39, 0.29) is 11.8 Å². The molecule has 3 N–H and O–H groups in total. The van der Waals surface area contributed by atoms with E-state index in [1.165, 1.54) is 12.0 Å². The number of halogens is 1. The maximum Gasteiger partial charge on any atom is 0.407 e. The number of urea groups is 1. The number of hydrogen-bond donors (Lipinski definition) is 3. The Kier molecular flexibility index (Phi) is 8.00. The number of imide groups is 1. The number of ether oxygens (including phenoxy) is 1. The van der Waals surface area contributed by atoms with Crippen LogP contribution in [0.5, 0.6) is 0 Å². The summed E-state index contributed by atoms with van der Waals surface area (Å²) >= 11 is 3.31. The zero-order valence-electron chi connectivity index (χ0n) is 16.5. The first-order valence-corrected chi connectivity index (χ1v) is 10.0. The van der Waals surface area contributed by atoms with Gasteiger partial charge in [0.15, 0.2) is 0 Å². The number of rotatable bonds is 5. The van der Waals surface area contributed by atoms with Crippen LogP contribution in [0.15, 0.2) is 28.7 Å². The minimum absolute atomic E-state index is 0.203. The number of alkyl carbamates (subject to hydrolysis) is 1. The van der Waals surface area contributed by atoms with Crippen molar-refractivity contribution >= 4 is 45.6 Å². The molecule has 2 rings (SSSR count). The third kappa shape index (κ3) is 6.18. The molecule has 29 heavy (non-hydrogen) atoms. The topological polar surface area (TPSA) is 117 Å². The predicted molar refractivity (Wildman–Crippen MR) is 110 cm³/mol. The first kappa shape index (κ1) is 22.7. The molecule has 0 spiro atoms. The highest BCUT2D eigenvalue weighted by Crippen LogP contribution is 2.21. The summed E-state index contributed by atoms with van der Waals surface area (Å²) in [4.78, 5) is 50.7. The summed E-state index contributed by atoms with van der Waals surface area (Å²) in [5, 5.41) is 7.38. The van der Waals surface area contributed by atoms with Crippen LogP contribution in [0.25, 0.3) is 0 Å². The van der Waals surface area contributed by atoms with Crippen LogP contribution in [0.2, 0.25) is 0 Å². The molecule has 1 heterocycles. The molecule has 1 aromatic carbocycles. The highest BCUT2D eigenvalue weighted by molar-refractivity contribution is 9.10. The van der Waals surface area contributed by atoms with Gasteiger partial charge in [-0.1, -0.05) is 35.8 Å². The van der Waals surface area contributed by atoms with Crippen LogP contribution in [0, 0.1) is 5.92 Å². The van der Waals surface area contributed by atoms with Crippen molar-refractivity contribution in [2.75, 3.05) is 19.0 Å². The molecule has 2 atom stereocenters. The Labute approximate surface area is 177 Å². The van der Waals surface area contributed by atoms with Crippen molar-refractivity contribution in [3.8, 4) is 0 Å². The number of nitrogens with one attached hydrogen (secondary N) is 3. The Morgan fingerprint density at radius 1 is 1.24 bits per heavy atom. The molecular weight excluding hydrogens is 444 g/mol. The number of methoxy groups -OCH3 is 1. The Balaban J connectivity index is 2.02. The maximum atomic E-state index is 12.9. The second-order valence-electron chi connectivity index (χ2n) is 7.00. The summed E-state index contributed by atoms with van der Waals surface area (Å²) < 4.78 is 5.36. The zero-order chi connectivity index (χ0) is 21.6. The fourth-order valence-electron chi connectivity index (χ4n) is 3.10. The van der Waals surface area contributed by atoms with Crippen molar-refractivity contribution in [1.82, 2.24) is 15.5 Å². The highest BCUT2D eigenvalue weighted by atomic mass is 79.9. The molecule has 10 heteroatoms. The van der Waals surface area contributed by atoms with Crippen molar-refractivity contribution in [3.05, 3.63) is 28.7 Å². The van der Waals surface area contributed by atoms with Crippen LogP contribution >= 0.6 is 15.9 Å². The quantitative estimate of drug-likeness (QED) is 0.613. The molecule has 1 saturated heterocycles. The average Bonchev–Trinajstić information content (AvgIpc) is 3.15. The molecule has 1 fully saturated rings. The minimum Gasteiger partial charge on any atom is -0.453 e. The smallest absolute Gasteiger partial charge is 0.407 e. The minimum atomic E-state index is -0.827. The van der Waals surface area contributed by atoms with Gasteiger partial charge in [0.25, 0.3) is 5.91 Å². The van der Waals surface area contributed by atoms with Crippen LogP contribution in [0.4, 0.5) is 15.3 Å². The van der Waals surface area contributed by atoms with Gasteiger partial charge in [0.2, 0.25) is 5.91 Å². The van der Waals surface area contributed by atoms with E-state index in [0.717, 1.165) is 4.47 Å². The van der Waals surface area contributed by atoms with E-state index in [1.807, 2.05) is 6.07 Å². The number of hydrogen-bond acceptors (Lipinski definition) is 5. The third-order valence-corrected chi connectivity index (χ3v) is 5.04. The van der Waals surface area contributed by atoms with Crippen molar-refractivity contribution in [2.45, 2.75) is 38.8 Å². The molecule has 0 bridgehead atoms. The lowest BCUT2D eigenvalue weighted by Gasteiger charge is -2.30. The summed E-state index contributed by atoms with van der Waals surface area (Å²) in [7, 11) is 1.22. The summed E-state index contributed by atoms with van der Waals surface area (Å²) in [6, 6.07) is 4.65. The zero-order valence-corrected chi connectivity index (χ0v) is 18.1. The summed E-state index contributed by atoms with van der Waals surface area (Å²) in [5.74, 6) is -1.15. The number of anilines is 1. The molecule has 1 aromatic rings. The van der Waals surface area contributed by atoms with Gasteiger partial charge in [-0.05, 0) is 37.0 Å². The van der Waals surface area contributed by atoms with Crippen molar-refractivity contribution in [3.63, 3.8) is 0 Å². The van der Waals surface area contributed by atoms with Crippen LogP contribution in [0.3, 0.4) is 0 Å². The number of nitrogens with zero attached hydrogens (tertiary/aromatic N) is 1. The molecule has 158 valence electrons. The monoisotopic (exact) mass is 468 g/mol. The van der Waals surface area contributed by atoms with Crippen LogP contribution in [-0.4, -0.2) is 54.6 Å². The molecule has 0 saturated carbocycles. The number of benzene rings is 1. The molecule has 1 aliphatic rings. The third-order valence-electron chi connectivity index (χ3n) is 4.55. The number of carbonyl (C=O) groups excluding carboxylic acids is 4. The molecule has 1 aliphatic heterocycles. The molecule has 0 aromatic heterocycles. The fourth-order valence-corrected chi connectivity index (χ4v) is 3.50. The van der Waals surface area contributed by atoms with Crippen LogP contribution in [-0.2, 0) is 14.3 Å². The van der Waals surface area contributed by atoms with Gasteiger partial charge in [-0.15, -0.1) is 0 Å². The lowest BCUT2D eigenvalue weighted by atomic mass is 10.0.